The molecule has 3 heteroatoms. The van der Waals surface area contributed by atoms with Crippen molar-refractivity contribution < 1.29 is 15.0 Å². The molecule has 0 aromatic carbocycles. The average Bonchev–Trinajstić information content (AvgIpc) is 2.92. The molecule has 152 valence electrons. The third-order valence-electron chi connectivity index (χ3n) is 9.78. The molecule has 27 heavy (non-hydrogen) atoms. The highest BCUT2D eigenvalue weighted by Gasteiger charge is 2.64. The largest absolute Gasteiger partial charge is 0.396 e. The van der Waals surface area contributed by atoms with E-state index in [2.05, 4.69) is 20.8 Å². The second kappa shape index (κ2) is 6.69. The van der Waals surface area contributed by atoms with E-state index in [0.717, 1.165) is 51.4 Å². The van der Waals surface area contributed by atoms with Gasteiger partial charge in [-0.25, -0.2) is 0 Å². The van der Waals surface area contributed by atoms with Gasteiger partial charge in [-0.2, -0.15) is 0 Å². The lowest BCUT2D eigenvalue weighted by Gasteiger charge is -2.61. The van der Waals surface area contributed by atoms with E-state index in [0.29, 0.717) is 35.9 Å². The molecule has 7 atom stereocenters. The van der Waals surface area contributed by atoms with E-state index in [1.165, 1.54) is 12.0 Å². The lowest BCUT2D eigenvalue weighted by Crippen LogP contribution is -2.56. The summed E-state index contributed by atoms with van der Waals surface area (Å²) < 4.78 is 0. The van der Waals surface area contributed by atoms with Gasteiger partial charge in [0.25, 0.3) is 0 Å². The first-order valence-electron chi connectivity index (χ1n) is 11.4. The summed E-state index contributed by atoms with van der Waals surface area (Å²) in [7, 11) is 0. The van der Waals surface area contributed by atoms with E-state index in [9.17, 15) is 15.0 Å². The molecule has 4 rings (SSSR count). The first-order chi connectivity index (χ1) is 12.8. The van der Waals surface area contributed by atoms with Crippen LogP contribution in [0, 0.1) is 34.5 Å². The van der Waals surface area contributed by atoms with Crippen molar-refractivity contribution in [1.82, 2.24) is 0 Å². The molecule has 0 amide bonds. The third-order valence-corrected chi connectivity index (χ3v) is 9.78. The van der Waals surface area contributed by atoms with Crippen LogP contribution in [0.1, 0.15) is 85.0 Å². The van der Waals surface area contributed by atoms with Crippen molar-refractivity contribution in [2.75, 3.05) is 6.61 Å². The zero-order valence-corrected chi connectivity index (χ0v) is 17.5. The molecule has 3 fully saturated rings. The normalized spacial score (nSPS) is 49.2. The number of carbonyl (C=O) groups is 1. The van der Waals surface area contributed by atoms with Crippen LogP contribution < -0.4 is 0 Å². The molecule has 0 heterocycles. The summed E-state index contributed by atoms with van der Waals surface area (Å²) in [6.45, 7) is 7.20. The number of hydrogen-bond donors (Lipinski definition) is 2. The van der Waals surface area contributed by atoms with Crippen molar-refractivity contribution >= 4 is 5.78 Å². The fourth-order valence-corrected chi connectivity index (χ4v) is 8.04. The van der Waals surface area contributed by atoms with Crippen molar-refractivity contribution in [3.05, 3.63) is 11.6 Å². The van der Waals surface area contributed by atoms with Crippen LogP contribution in [-0.2, 0) is 4.79 Å². The van der Waals surface area contributed by atoms with Gasteiger partial charge in [-0.15, -0.1) is 0 Å². The Kier molecular flexibility index (Phi) is 4.87. The van der Waals surface area contributed by atoms with E-state index >= 15 is 0 Å². The highest BCUT2D eigenvalue weighted by molar-refractivity contribution is 5.91. The van der Waals surface area contributed by atoms with Gasteiger partial charge < -0.3 is 10.2 Å². The Morgan fingerprint density at radius 1 is 1.15 bits per heavy atom. The van der Waals surface area contributed by atoms with Crippen molar-refractivity contribution in [2.24, 2.45) is 34.5 Å². The lowest BCUT2D eigenvalue weighted by molar-refractivity contribution is -0.142. The van der Waals surface area contributed by atoms with Crippen LogP contribution >= 0.6 is 0 Å². The fraction of sp³-hybridized carbons (Fsp3) is 0.875. The van der Waals surface area contributed by atoms with Gasteiger partial charge >= 0.3 is 0 Å². The summed E-state index contributed by atoms with van der Waals surface area (Å²) in [6, 6.07) is 0. The average molecular weight is 375 g/mol. The van der Waals surface area contributed by atoms with Gasteiger partial charge in [0.1, 0.15) is 0 Å². The van der Waals surface area contributed by atoms with Gasteiger partial charge in [-0.05, 0) is 98.4 Å². The zero-order chi connectivity index (χ0) is 19.4. The summed E-state index contributed by atoms with van der Waals surface area (Å²) in [4.78, 5) is 12.1. The minimum absolute atomic E-state index is 0.0302. The van der Waals surface area contributed by atoms with Crippen LogP contribution in [0.3, 0.4) is 0 Å². The Balaban J connectivity index is 1.73. The maximum absolute atomic E-state index is 12.1. The summed E-state index contributed by atoms with van der Waals surface area (Å²) in [5, 5.41) is 20.9. The second-order valence-electron chi connectivity index (χ2n) is 10.6. The number of hydrogen-bond acceptors (Lipinski definition) is 3. The number of rotatable bonds is 4. The van der Waals surface area contributed by atoms with Crippen LogP contribution in [0.4, 0.5) is 0 Å². The summed E-state index contributed by atoms with van der Waals surface area (Å²) in [5.74, 6) is 2.71. The standard InChI is InChI=1S/C24H38O3/c1-4-24(27)12-9-20-21-16(6-5-13-25)14-17-15-18(26)7-10-22(17,2)19(21)8-11-23(20,24)3/h15-16,19-21,25,27H,4-14H2,1-3H3/t16-,19+,20+,21-,22+,23+,24+/m1/s1. The summed E-state index contributed by atoms with van der Waals surface area (Å²) in [5.41, 5.74) is 1.09. The monoisotopic (exact) mass is 374 g/mol. The van der Waals surface area contributed by atoms with E-state index in [1.807, 2.05) is 6.08 Å². The maximum Gasteiger partial charge on any atom is 0.155 e. The summed E-state index contributed by atoms with van der Waals surface area (Å²) in [6.07, 6.45) is 11.9. The van der Waals surface area contributed by atoms with Crippen LogP contribution in [0.15, 0.2) is 11.6 Å². The minimum Gasteiger partial charge on any atom is -0.396 e. The van der Waals surface area contributed by atoms with E-state index in [1.54, 1.807) is 0 Å². The molecule has 4 aliphatic rings. The topological polar surface area (TPSA) is 57.5 Å². The van der Waals surface area contributed by atoms with E-state index in [4.69, 9.17) is 0 Å². The maximum atomic E-state index is 12.1. The molecule has 0 radical (unpaired) electrons. The van der Waals surface area contributed by atoms with Gasteiger partial charge in [-0.1, -0.05) is 26.3 Å². The molecule has 4 aliphatic carbocycles. The molecular formula is C24H38O3. The molecule has 0 saturated heterocycles. The molecule has 3 saturated carbocycles. The molecule has 0 aromatic heterocycles. The smallest absolute Gasteiger partial charge is 0.155 e. The lowest BCUT2D eigenvalue weighted by atomic mass is 9.43. The molecule has 0 bridgehead atoms. The van der Waals surface area contributed by atoms with E-state index < -0.39 is 5.60 Å². The number of allylic oxidation sites excluding steroid dienone is 1. The molecule has 2 N–H and O–H groups in total. The van der Waals surface area contributed by atoms with Crippen molar-refractivity contribution in [2.45, 2.75) is 90.6 Å². The molecular weight excluding hydrogens is 336 g/mol. The third kappa shape index (κ3) is 2.71. The van der Waals surface area contributed by atoms with Crippen LogP contribution in [0.2, 0.25) is 0 Å². The van der Waals surface area contributed by atoms with Crippen molar-refractivity contribution in [3.8, 4) is 0 Å². The predicted octanol–water partition coefficient (Wildman–Crippen LogP) is 4.66. The quantitative estimate of drug-likeness (QED) is 0.752. The highest BCUT2D eigenvalue weighted by Crippen LogP contribution is 2.69. The first kappa shape index (κ1) is 19.6. The number of ketones is 1. The van der Waals surface area contributed by atoms with Crippen molar-refractivity contribution in [3.63, 3.8) is 0 Å². The molecule has 0 aliphatic heterocycles. The highest BCUT2D eigenvalue weighted by atomic mass is 16.3. The Morgan fingerprint density at radius 2 is 1.89 bits per heavy atom. The second-order valence-corrected chi connectivity index (χ2v) is 10.6. The van der Waals surface area contributed by atoms with Crippen molar-refractivity contribution in [1.29, 1.82) is 0 Å². The SMILES string of the molecule is CC[C@]1(O)CC[C@H]2[C@@H]3[C@H](CCCO)CC4=CC(=O)CC[C@]4(C)[C@H]3CC[C@@]21C. The number of aliphatic hydroxyl groups is 2. The number of aliphatic hydroxyl groups excluding tert-OH is 1. The number of carbonyl (C=O) groups excluding carboxylic acids is 1. The first-order valence-corrected chi connectivity index (χ1v) is 11.4. The van der Waals surface area contributed by atoms with Gasteiger partial charge in [0.2, 0.25) is 0 Å². The fourth-order valence-electron chi connectivity index (χ4n) is 8.04. The summed E-state index contributed by atoms with van der Waals surface area (Å²) >= 11 is 0. The van der Waals surface area contributed by atoms with Crippen LogP contribution in [0.25, 0.3) is 0 Å². The van der Waals surface area contributed by atoms with Crippen LogP contribution in [0.5, 0.6) is 0 Å². The number of fused-ring (bicyclic) bond motifs is 5. The molecule has 0 unspecified atom stereocenters. The zero-order valence-electron chi connectivity index (χ0n) is 17.5. The Labute approximate surface area is 164 Å². The molecule has 0 spiro atoms. The Hall–Kier alpha value is -0.670. The minimum atomic E-state index is -0.510. The predicted molar refractivity (Wildman–Crippen MR) is 107 cm³/mol. The Morgan fingerprint density at radius 3 is 2.59 bits per heavy atom. The van der Waals surface area contributed by atoms with Gasteiger partial charge in [0, 0.05) is 13.0 Å². The Bertz CT molecular complexity index is 640. The van der Waals surface area contributed by atoms with Gasteiger partial charge in [-0.3, -0.25) is 4.79 Å². The van der Waals surface area contributed by atoms with E-state index in [-0.39, 0.29) is 17.4 Å². The molecule has 0 aromatic rings. The van der Waals surface area contributed by atoms with Gasteiger partial charge in [0.15, 0.2) is 5.78 Å². The van der Waals surface area contributed by atoms with Gasteiger partial charge in [0.05, 0.1) is 5.60 Å². The molecule has 3 nitrogen and oxygen atoms in total. The van der Waals surface area contributed by atoms with Crippen LogP contribution in [-0.4, -0.2) is 28.2 Å².